The Kier molecular flexibility index (Phi) is 8.66. The van der Waals surface area contributed by atoms with Crippen molar-refractivity contribution in [3.63, 3.8) is 0 Å². The Balaban J connectivity index is 1.25. The van der Waals surface area contributed by atoms with E-state index in [-0.39, 0.29) is 43.7 Å². The number of rotatable bonds is 5. The minimum absolute atomic E-state index is 0.0804. The number of aliphatic hydroxyl groups excluding tert-OH is 1. The summed E-state index contributed by atoms with van der Waals surface area (Å²) in [5.74, 6) is -1.65. The molecule has 0 aromatic heterocycles. The number of amides is 2. The highest BCUT2D eigenvalue weighted by Crippen LogP contribution is 2.37. The van der Waals surface area contributed by atoms with Crippen LogP contribution in [0.15, 0.2) is 36.4 Å². The van der Waals surface area contributed by atoms with Gasteiger partial charge in [-0.3, -0.25) is 14.6 Å². The van der Waals surface area contributed by atoms with Crippen molar-refractivity contribution in [2.24, 2.45) is 11.8 Å². The van der Waals surface area contributed by atoms with Gasteiger partial charge in [0.1, 0.15) is 0 Å². The second kappa shape index (κ2) is 11.9. The van der Waals surface area contributed by atoms with E-state index in [4.69, 9.17) is 23.2 Å². The van der Waals surface area contributed by atoms with Crippen molar-refractivity contribution in [2.45, 2.75) is 50.8 Å². The van der Waals surface area contributed by atoms with Crippen LogP contribution >= 0.6 is 23.2 Å². The van der Waals surface area contributed by atoms with Gasteiger partial charge in [0.05, 0.1) is 12.0 Å². The van der Waals surface area contributed by atoms with E-state index < -0.39 is 18.2 Å². The molecule has 3 aliphatic heterocycles. The molecule has 3 saturated heterocycles. The van der Waals surface area contributed by atoms with Crippen LogP contribution in [-0.4, -0.2) is 76.8 Å². The summed E-state index contributed by atoms with van der Waals surface area (Å²) in [6.07, 6.45) is -2.48. The summed E-state index contributed by atoms with van der Waals surface area (Å²) in [7, 11) is 0. The molecule has 2 amide bonds. The maximum atomic E-state index is 13.0. The van der Waals surface area contributed by atoms with Gasteiger partial charge in [-0.1, -0.05) is 35.3 Å². The average molecular weight is 598 g/mol. The van der Waals surface area contributed by atoms with Gasteiger partial charge in [0.15, 0.2) is 0 Å². The number of likely N-dealkylation sites (tertiary alicyclic amines) is 1. The second-order valence-corrected chi connectivity index (χ2v) is 11.8. The molecule has 0 radical (unpaired) electrons. The molecule has 0 bridgehead atoms. The maximum Gasteiger partial charge on any atom is 0.391 e. The first-order chi connectivity index (χ1) is 19.0. The van der Waals surface area contributed by atoms with Crippen LogP contribution in [-0.2, 0) is 11.2 Å². The van der Waals surface area contributed by atoms with E-state index in [9.17, 15) is 27.9 Å². The van der Waals surface area contributed by atoms with Crippen molar-refractivity contribution < 1.29 is 27.9 Å². The molecule has 3 fully saturated rings. The molecular weight excluding hydrogens is 566 g/mol. The van der Waals surface area contributed by atoms with E-state index >= 15 is 0 Å². The molecule has 11 heteroatoms. The highest BCUT2D eigenvalue weighted by atomic mass is 35.5. The molecule has 5 rings (SSSR count). The smallest absolute Gasteiger partial charge is 0.391 e. The van der Waals surface area contributed by atoms with Crippen LogP contribution in [0.5, 0.6) is 0 Å². The van der Waals surface area contributed by atoms with E-state index in [0.717, 1.165) is 23.1 Å². The molecule has 2 aromatic rings. The first kappa shape index (κ1) is 29.2. The van der Waals surface area contributed by atoms with E-state index in [2.05, 4.69) is 0 Å². The molecule has 0 spiro atoms. The number of hydrazine groups is 1. The minimum Gasteiger partial charge on any atom is -0.393 e. The minimum atomic E-state index is -4.22. The molecule has 2 unspecified atom stereocenters. The fraction of sp³-hybridized carbons (Fsp3) is 0.517. The first-order valence-corrected chi connectivity index (χ1v) is 14.4. The van der Waals surface area contributed by atoms with Crippen molar-refractivity contribution in [3.8, 4) is 11.1 Å². The first-order valence-electron chi connectivity index (χ1n) is 13.7. The van der Waals surface area contributed by atoms with Gasteiger partial charge in [0, 0.05) is 60.7 Å². The van der Waals surface area contributed by atoms with Crippen LogP contribution in [0.1, 0.15) is 48.0 Å². The summed E-state index contributed by atoms with van der Waals surface area (Å²) < 4.78 is 38.9. The third-order valence-electron chi connectivity index (χ3n) is 8.38. The highest BCUT2D eigenvalue weighted by molar-refractivity contribution is 6.36. The Morgan fingerprint density at radius 3 is 2.17 bits per heavy atom. The standard InChI is InChI=1S/C29H32Cl2F3N3O3/c30-24-15-20(18-3-5-19(6-4-18)28(40)35-11-7-22(8-12-35)29(32,33)34)16-25(31)23(24)14-21-17-36(13-9-26(21)38)37-10-1-2-27(37)39/h3-6,15-16,21-22,26,38H,1-2,7-14,17H2. The van der Waals surface area contributed by atoms with Crippen LogP contribution in [0.2, 0.25) is 10.0 Å². The number of carbonyl (C=O) groups is 2. The van der Waals surface area contributed by atoms with Crippen molar-refractivity contribution >= 4 is 35.0 Å². The summed E-state index contributed by atoms with van der Waals surface area (Å²) in [5.41, 5.74) is 2.70. The van der Waals surface area contributed by atoms with Gasteiger partial charge in [-0.2, -0.15) is 13.2 Å². The van der Waals surface area contributed by atoms with Gasteiger partial charge in [-0.15, -0.1) is 0 Å². The number of carbonyl (C=O) groups excluding carboxylic acids is 2. The van der Waals surface area contributed by atoms with E-state index in [0.29, 0.717) is 54.5 Å². The molecule has 0 aliphatic carbocycles. The zero-order valence-electron chi connectivity index (χ0n) is 22.0. The van der Waals surface area contributed by atoms with Crippen molar-refractivity contribution in [1.29, 1.82) is 0 Å². The SMILES string of the molecule is O=C(c1ccc(-c2cc(Cl)c(CC3CN(N4CCCC4=O)CCC3O)c(Cl)c2)cc1)N1CCC(C(F)(F)F)CC1. The Hall–Kier alpha value is -2.33. The fourth-order valence-corrected chi connectivity index (χ4v) is 6.62. The largest absolute Gasteiger partial charge is 0.393 e. The van der Waals surface area contributed by atoms with Crippen molar-refractivity contribution in [3.05, 3.63) is 57.6 Å². The van der Waals surface area contributed by atoms with Gasteiger partial charge in [-0.05, 0) is 73.1 Å². The lowest BCUT2D eigenvalue weighted by Crippen LogP contribution is -2.52. The lowest BCUT2D eigenvalue weighted by Gasteiger charge is -2.40. The van der Waals surface area contributed by atoms with E-state index in [1.807, 2.05) is 5.01 Å². The van der Waals surface area contributed by atoms with E-state index in [1.54, 1.807) is 41.4 Å². The fourth-order valence-electron chi connectivity index (χ4n) is 5.98. The highest BCUT2D eigenvalue weighted by Gasteiger charge is 2.42. The number of nitrogens with zero attached hydrogens (tertiary/aromatic N) is 3. The van der Waals surface area contributed by atoms with Crippen molar-refractivity contribution in [2.75, 3.05) is 32.7 Å². The molecule has 3 aliphatic rings. The predicted octanol–water partition coefficient (Wildman–Crippen LogP) is 5.84. The number of benzene rings is 2. The number of alkyl halides is 3. The van der Waals surface area contributed by atoms with Crippen LogP contribution < -0.4 is 0 Å². The van der Waals surface area contributed by atoms with Crippen LogP contribution in [0.4, 0.5) is 13.2 Å². The molecule has 2 aromatic carbocycles. The number of halogens is 5. The maximum absolute atomic E-state index is 13.0. The zero-order chi connectivity index (χ0) is 28.6. The molecule has 40 heavy (non-hydrogen) atoms. The summed E-state index contributed by atoms with van der Waals surface area (Å²) in [4.78, 5) is 26.5. The molecule has 6 nitrogen and oxygen atoms in total. The van der Waals surface area contributed by atoms with Gasteiger partial charge >= 0.3 is 6.18 Å². The van der Waals surface area contributed by atoms with Gasteiger partial charge in [-0.25, -0.2) is 5.01 Å². The Morgan fingerprint density at radius 2 is 1.60 bits per heavy atom. The Morgan fingerprint density at radius 1 is 0.950 bits per heavy atom. The summed E-state index contributed by atoms with van der Waals surface area (Å²) in [5, 5.41) is 15.5. The summed E-state index contributed by atoms with van der Waals surface area (Å²) in [6.45, 7) is 2.05. The predicted molar refractivity (Wildman–Crippen MR) is 147 cm³/mol. The molecule has 2 atom stereocenters. The van der Waals surface area contributed by atoms with Crippen molar-refractivity contribution in [1.82, 2.24) is 14.9 Å². The van der Waals surface area contributed by atoms with E-state index in [1.165, 1.54) is 4.90 Å². The van der Waals surface area contributed by atoms with Gasteiger partial charge in [0.2, 0.25) is 5.91 Å². The molecular formula is C29H32Cl2F3N3O3. The molecule has 216 valence electrons. The normalized spacial score (nSPS) is 23.2. The molecule has 3 heterocycles. The zero-order valence-corrected chi connectivity index (χ0v) is 23.5. The van der Waals surface area contributed by atoms with Crippen LogP contribution in [0.25, 0.3) is 11.1 Å². The molecule has 0 saturated carbocycles. The summed E-state index contributed by atoms with van der Waals surface area (Å²) >= 11 is 13.4. The number of hydrogen-bond donors (Lipinski definition) is 1. The van der Waals surface area contributed by atoms with Gasteiger partial charge < -0.3 is 10.0 Å². The van der Waals surface area contributed by atoms with Gasteiger partial charge in [0.25, 0.3) is 5.91 Å². The third-order valence-corrected chi connectivity index (χ3v) is 9.05. The summed E-state index contributed by atoms with van der Waals surface area (Å²) in [6, 6.07) is 10.5. The third kappa shape index (κ3) is 6.27. The number of piperidine rings is 2. The topological polar surface area (TPSA) is 64.1 Å². The molecule has 1 N–H and O–H groups in total. The Labute approximate surface area is 241 Å². The number of hydrogen-bond acceptors (Lipinski definition) is 4. The average Bonchev–Trinajstić information content (AvgIpc) is 3.36. The number of aliphatic hydroxyl groups is 1. The van der Waals surface area contributed by atoms with Crippen LogP contribution in [0.3, 0.4) is 0 Å². The Bertz CT molecular complexity index is 1230. The lowest BCUT2D eigenvalue weighted by atomic mass is 9.88. The van der Waals surface area contributed by atoms with Crippen LogP contribution in [0, 0.1) is 11.8 Å². The lowest BCUT2D eigenvalue weighted by molar-refractivity contribution is -0.183. The monoisotopic (exact) mass is 597 g/mol. The quantitative estimate of drug-likeness (QED) is 0.470. The second-order valence-electron chi connectivity index (χ2n) is 11.0.